The van der Waals surface area contributed by atoms with Crippen molar-refractivity contribution in [2.75, 3.05) is 0 Å². The van der Waals surface area contributed by atoms with E-state index >= 15 is 0 Å². The van der Waals surface area contributed by atoms with Crippen LogP contribution in [0.3, 0.4) is 0 Å². The average molecular weight is 168 g/mol. The predicted molar refractivity (Wildman–Crippen MR) is 53.2 cm³/mol. The fourth-order valence-electron chi connectivity index (χ4n) is 1.10. The fourth-order valence-corrected chi connectivity index (χ4v) is 1.10. The van der Waals surface area contributed by atoms with E-state index < -0.39 is 0 Å². The minimum Gasteiger partial charge on any atom is -0.300 e. The summed E-state index contributed by atoms with van der Waals surface area (Å²) in [5.74, 6) is 0.319. The summed E-state index contributed by atoms with van der Waals surface area (Å²) in [6.07, 6.45) is 11.0. The molecule has 0 aliphatic heterocycles. The molecule has 1 heteroatoms. The van der Waals surface area contributed by atoms with Crippen LogP contribution in [0.2, 0.25) is 0 Å². The molecule has 0 radical (unpaired) electrons. The van der Waals surface area contributed by atoms with Crippen LogP contribution in [-0.4, -0.2) is 5.78 Å². The second-order valence-corrected chi connectivity index (χ2v) is 3.18. The number of hydrogen-bond acceptors (Lipinski definition) is 1. The molecule has 0 aromatic heterocycles. The minimum atomic E-state index is 0.319. The molecule has 1 nitrogen and oxygen atoms in total. The first-order chi connectivity index (χ1) is 5.77. The van der Waals surface area contributed by atoms with E-state index in [1.165, 1.54) is 19.3 Å². The second-order valence-electron chi connectivity index (χ2n) is 3.18. The van der Waals surface area contributed by atoms with Crippen LogP contribution in [0, 0.1) is 0 Å². The van der Waals surface area contributed by atoms with Crippen LogP contribution in [-0.2, 0) is 4.79 Å². The first-order valence-electron chi connectivity index (χ1n) is 4.91. The number of carbonyl (C=O) groups is 1. The lowest BCUT2D eigenvalue weighted by atomic mass is 10.1. The molecule has 0 N–H and O–H groups in total. The molecular formula is C11H20O. The van der Waals surface area contributed by atoms with Gasteiger partial charge in [-0.05, 0) is 32.6 Å². The maximum absolute atomic E-state index is 10.6. The lowest BCUT2D eigenvalue weighted by Crippen LogP contribution is -1.88. The van der Waals surface area contributed by atoms with Gasteiger partial charge < -0.3 is 4.79 Å². The first kappa shape index (κ1) is 11.4. The van der Waals surface area contributed by atoms with Crippen molar-refractivity contribution < 1.29 is 4.79 Å². The third-order valence-corrected chi connectivity index (χ3v) is 1.80. The van der Waals surface area contributed by atoms with Gasteiger partial charge in [-0.3, -0.25) is 0 Å². The van der Waals surface area contributed by atoms with Crippen LogP contribution in [0.4, 0.5) is 0 Å². The average Bonchev–Trinajstić information content (AvgIpc) is 2.02. The second kappa shape index (κ2) is 8.51. The Morgan fingerprint density at radius 2 is 1.92 bits per heavy atom. The highest BCUT2D eigenvalue weighted by Crippen LogP contribution is 2.04. The van der Waals surface area contributed by atoms with Gasteiger partial charge in [0.15, 0.2) is 0 Å². The van der Waals surface area contributed by atoms with Gasteiger partial charge in [-0.25, -0.2) is 0 Å². The Morgan fingerprint density at radius 1 is 1.17 bits per heavy atom. The lowest BCUT2D eigenvalue weighted by Gasteiger charge is -1.95. The summed E-state index contributed by atoms with van der Waals surface area (Å²) < 4.78 is 0. The molecule has 70 valence electrons. The number of hydrogen-bond donors (Lipinski definition) is 0. The van der Waals surface area contributed by atoms with Crippen molar-refractivity contribution in [1.82, 2.24) is 0 Å². The number of allylic oxidation sites excluding steroid dienone is 2. The maximum Gasteiger partial charge on any atom is 0.129 e. The van der Waals surface area contributed by atoms with Crippen LogP contribution in [0.1, 0.15) is 52.4 Å². The summed E-state index contributed by atoms with van der Waals surface area (Å²) >= 11 is 0. The highest BCUT2D eigenvalue weighted by atomic mass is 16.1. The van der Waals surface area contributed by atoms with Crippen LogP contribution in [0.5, 0.6) is 0 Å². The van der Waals surface area contributed by atoms with E-state index in [1.54, 1.807) is 6.92 Å². The largest absolute Gasteiger partial charge is 0.300 e. The number of rotatable bonds is 7. The Bertz CT molecular complexity index is 136. The van der Waals surface area contributed by atoms with Crippen LogP contribution < -0.4 is 0 Å². The zero-order chi connectivity index (χ0) is 9.23. The third-order valence-electron chi connectivity index (χ3n) is 1.80. The lowest BCUT2D eigenvalue weighted by molar-refractivity contribution is -0.117. The van der Waals surface area contributed by atoms with Crippen molar-refractivity contribution in [1.29, 1.82) is 0 Å². The third kappa shape index (κ3) is 9.41. The van der Waals surface area contributed by atoms with Gasteiger partial charge in [-0.15, -0.1) is 0 Å². The molecule has 0 unspecified atom stereocenters. The van der Waals surface area contributed by atoms with Crippen LogP contribution >= 0.6 is 0 Å². The van der Waals surface area contributed by atoms with Gasteiger partial charge in [0.05, 0.1) is 0 Å². The topological polar surface area (TPSA) is 17.1 Å². The summed E-state index contributed by atoms with van der Waals surface area (Å²) in [4.78, 5) is 10.6. The van der Waals surface area contributed by atoms with Crippen LogP contribution in [0.15, 0.2) is 12.2 Å². The zero-order valence-corrected chi connectivity index (χ0v) is 8.31. The maximum atomic E-state index is 10.6. The molecule has 0 aromatic rings. The van der Waals surface area contributed by atoms with Crippen molar-refractivity contribution in [2.45, 2.75) is 52.4 Å². The van der Waals surface area contributed by atoms with E-state index in [4.69, 9.17) is 0 Å². The molecular weight excluding hydrogens is 148 g/mol. The van der Waals surface area contributed by atoms with E-state index in [9.17, 15) is 4.79 Å². The minimum absolute atomic E-state index is 0.319. The predicted octanol–water partition coefficient (Wildman–Crippen LogP) is 3.49. The molecule has 0 saturated carbocycles. The van der Waals surface area contributed by atoms with E-state index in [1.807, 2.05) is 0 Å². The quantitative estimate of drug-likeness (QED) is 0.420. The highest BCUT2D eigenvalue weighted by Gasteiger charge is 1.91. The Balaban J connectivity index is 3.00. The molecule has 0 aliphatic carbocycles. The van der Waals surface area contributed by atoms with Gasteiger partial charge in [0.25, 0.3) is 0 Å². The monoisotopic (exact) mass is 168 g/mol. The van der Waals surface area contributed by atoms with E-state index in [2.05, 4.69) is 19.1 Å². The van der Waals surface area contributed by atoms with Gasteiger partial charge >= 0.3 is 0 Å². The Labute approximate surface area is 75.9 Å². The molecule has 0 bridgehead atoms. The first-order valence-corrected chi connectivity index (χ1v) is 4.91. The molecule has 0 aromatic carbocycles. The summed E-state index contributed by atoms with van der Waals surface area (Å²) in [6.45, 7) is 3.81. The van der Waals surface area contributed by atoms with Crippen molar-refractivity contribution in [3.63, 3.8) is 0 Å². The van der Waals surface area contributed by atoms with Crippen molar-refractivity contribution in [3.8, 4) is 0 Å². The number of ketones is 1. The van der Waals surface area contributed by atoms with E-state index in [0.29, 0.717) is 5.78 Å². The summed E-state index contributed by atoms with van der Waals surface area (Å²) in [5, 5.41) is 0. The van der Waals surface area contributed by atoms with E-state index in [-0.39, 0.29) is 0 Å². The molecule has 0 atom stereocenters. The van der Waals surface area contributed by atoms with Crippen molar-refractivity contribution in [2.24, 2.45) is 0 Å². The molecule has 0 spiro atoms. The zero-order valence-electron chi connectivity index (χ0n) is 8.31. The summed E-state index contributed by atoms with van der Waals surface area (Å²) in [6, 6.07) is 0. The van der Waals surface area contributed by atoms with E-state index in [0.717, 1.165) is 19.3 Å². The Morgan fingerprint density at radius 3 is 2.50 bits per heavy atom. The molecule has 0 fully saturated rings. The number of Topliss-reactive ketones (excluding diaryl/α,β-unsaturated/α-hetero) is 1. The Hall–Kier alpha value is -0.590. The number of carbonyl (C=O) groups excluding carboxylic acids is 1. The summed E-state index contributed by atoms with van der Waals surface area (Å²) in [7, 11) is 0. The van der Waals surface area contributed by atoms with Crippen molar-refractivity contribution >= 4 is 5.78 Å². The van der Waals surface area contributed by atoms with Gasteiger partial charge in [-0.2, -0.15) is 0 Å². The van der Waals surface area contributed by atoms with Crippen molar-refractivity contribution in [3.05, 3.63) is 12.2 Å². The van der Waals surface area contributed by atoms with Gasteiger partial charge in [-0.1, -0.05) is 25.5 Å². The fraction of sp³-hybridized carbons (Fsp3) is 0.727. The molecule has 0 aliphatic rings. The summed E-state index contributed by atoms with van der Waals surface area (Å²) in [5.41, 5.74) is 0. The van der Waals surface area contributed by atoms with Gasteiger partial charge in [0, 0.05) is 6.42 Å². The molecule has 0 rings (SSSR count). The number of unbranched alkanes of at least 4 members (excludes halogenated alkanes) is 3. The van der Waals surface area contributed by atoms with Crippen LogP contribution in [0.25, 0.3) is 0 Å². The van der Waals surface area contributed by atoms with Gasteiger partial charge in [0.1, 0.15) is 5.78 Å². The standard InChI is InChI=1S/C11H20O/c1-3-4-5-6-7-8-9-10-11(2)12/h4-5H,3,6-10H2,1-2H3. The molecule has 0 heterocycles. The SMILES string of the molecule is CCC=CCCCCCC(C)=O. The normalized spacial score (nSPS) is 10.8. The smallest absolute Gasteiger partial charge is 0.129 e. The highest BCUT2D eigenvalue weighted by molar-refractivity contribution is 5.75. The van der Waals surface area contributed by atoms with Gasteiger partial charge in [0.2, 0.25) is 0 Å². The molecule has 0 saturated heterocycles. The Kier molecular flexibility index (Phi) is 8.09. The molecule has 0 amide bonds. The molecule has 12 heavy (non-hydrogen) atoms.